The molecule has 1 aliphatic heterocycles. The molecule has 6 heteroatoms. The molecule has 1 saturated heterocycles. The van der Waals surface area contributed by atoms with E-state index in [2.05, 4.69) is 48.0 Å². The number of unbranched alkanes of at least 4 members (excludes halogenated alkanes) is 1. The van der Waals surface area contributed by atoms with Gasteiger partial charge in [0.05, 0.1) is 18.6 Å². The summed E-state index contributed by atoms with van der Waals surface area (Å²) in [4.78, 5) is 12.4. The number of aromatic nitrogens is 1. The first-order valence-corrected chi connectivity index (χ1v) is 14.0. The van der Waals surface area contributed by atoms with E-state index in [0.717, 1.165) is 47.1 Å². The highest BCUT2D eigenvalue weighted by Crippen LogP contribution is 2.37. The minimum Gasteiger partial charge on any atom is -0.356 e. The highest BCUT2D eigenvalue weighted by Gasteiger charge is 2.35. The molecular formula is C32H43FN2O3. The van der Waals surface area contributed by atoms with Crippen LogP contribution in [0.15, 0.2) is 54.6 Å². The highest BCUT2D eigenvalue weighted by atomic mass is 19.1. The van der Waals surface area contributed by atoms with E-state index in [4.69, 9.17) is 9.47 Å². The van der Waals surface area contributed by atoms with Gasteiger partial charge in [-0.05, 0) is 57.0 Å². The third kappa shape index (κ3) is 7.33. The number of fused-ring (bicyclic) bond motifs is 1. The Hall–Kier alpha value is -2.96. The number of carbonyl (C=O) groups excluding carboxylic acids is 1. The largest absolute Gasteiger partial charge is 0.356 e. The van der Waals surface area contributed by atoms with E-state index >= 15 is 0 Å². The maximum atomic E-state index is 13.7. The number of para-hydroxylation sites is 1. The molecule has 206 valence electrons. The standard InChI is InChI=1S/C30H37FN2O3.C2H6/c1-5-7-18-32-28(34)20-24-19-23(35-30(3,4)36-24)16-17-27-29(21-12-14-22(31)15-13-21)25-10-8-9-11-26(25)33(27)6-2;1-2/h8-17,23-24H,5-7,18-20H2,1-4H3,(H,32,34);1-2H3/b17-16+;/t23-,24-;/m1./s1. The van der Waals surface area contributed by atoms with Crippen LogP contribution in [-0.4, -0.2) is 35.0 Å². The van der Waals surface area contributed by atoms with Crippen molar-refractivity contribution in [2.75, 3.05) is 6.54 Å². The summed E-state index contributed by atoms with van der Waals surface area (Å²) in [5, 5.41) is 4.11. The van der Waals surface area contributed by atoms with Crippen LogP contribution in [0, 0.1) is 5.82 Å². The molecule has 1 aliphatic rings. The maximum absolute atomic E-state index is 13.7. The summed E-state index contributed by atoms with van der Waals surface area (Å²) in [6.07, 6.45) is 6.68. The molecule has 1 amide bonds. The Kier molecular flexibility index (Phi) is 10.7. The normalized spacial score (nSPS) is 18.8. The van der Waals surface area contributed by atoms with Gasteiger partial charge < -0.3 is 19.4 Å². The zero-order valence-electron chi connectivity index (χ0n) is 23.7. The summed E-state index contributed by atoms with van der Waals surface area (Å²) in [6.45, 7) is 13.5. The molecule has 0 aliphatic carbocycles. The van der Waals surface area contributed by atoms with E-state index in [1.807, 2.05) is 52.0 Å². The lowest BCUT2D eigenvalue weighted by molar-refractivity contribution is -0.289. The number of aryl methyl sites for hydroxylation is 1. The summed E-state index contributed by atoms with van der Waals surface area (Å²) < 4.78 is 28.2. The predicted molar refractivity (Wildman–Crippen MR) is 154 cm³/mol. The van der Waals surface area contributed by atoms with Crippen molar-refractivity contribution in [1.82, 2.24) is 9.88 Å². The Bertz CT molecular complexity index is 1210. The van der Waals surface area contributed by atoms with Crippen LogP contribution in [0.1, 0.15) is 72.9 Å². The predicted octanol–water partition coefficient (Wildman–Crippen LogP) is 7.72. The molecule has 2 heterocycles. The topological polar surface area (TPSA) is 52.5 Å². The van der Waals surface area contributed by atoms with E-state index < -0.39 is 5.79 Å². The van der Waals surface area contributed by atoms with Crippen LogP contribution in [0.2, 0.25) is 0 Å². The number of rotatable bonds is 9. The smallest absolute Gasteiger partial charge is 0.222 e. The summed E-state index contributed by atoms with van der Waals surface area (Å²) in [7, 11) is 0. The van der Waals surface area contributed by atoms with Gasteiger partial charge in [-0.25, -0.2) is 4.39 Å². The number of ether oxygens (including phenoxy) is 2. The zero-order valence-corrected chi connectivity index (χ0v) is 23.7. The molecule has 0 bridgehead atoms. The number of amides is 1. The average Bonchev–Trinajstić information content (AvgIpc) is 3.21. The quantitative estimate of drug-likeness (QED) is 0.293. The summed E-state index contributed by atoms with van der Waals surface area (Å²) in [6, 6.07) is 15.0. The van der Waals surface area contributed by atoms with Crippen molar-refractivity contribution >= 4 is 22.9 Å². The monoisotopic (exact) mass is 522 g/mol. The SMILES string of the molecule is CC.CCCCNC(=O)C[C@H]1C[C@@H](/C=C/c2c(-c3ccc(F)cc3)c3ccccc3n2CC)OC(C)(C)O1. The Morgan fingerprint density at radius 2 is 1.82 bits per heavy atom. The lowest BCUT2D eigenvalue weighted by atomic mass is 10.0. The average molecular weight is 523 g/mol. The molecule has 1 aromatic heterocycles. The van der Waals surface area contributed by atoms with Gasteiger partial charge in [-0.2, -0.15) is 0 Å². The minimum absolute atomic E-state index is 0.0126. The van der Waals surface area contributed by atoms with Gasteiger partial charge in [-0.3, -0.25) is 4.79 Å². The Morgan fingerprint density at radius 3 is 2.50 bits per heavy atom. The lowest BCUT2D eigenvalue weighted by Gasteiger charge is -2.39. The fourth-order valence-electron chi connectivity index (χ4n) is 5.03. The van der Waals surface area contributed by atoms with Crippen LogP contribution in [0.5, 0.6) is 0 Å². The first-order valence-electron chi connectivity index (χ1n) is 14.0. The number of nitrogens with one attached hydrogen (secondary N) is 1. The number of halogens is 1. The van der Waals surface area contributed by atoms with Gasteiger partial charge in [-0.1, -0.05) is 63.6 Å². The molecule has 2 aromatic carbocycles. The third-order valence-electron chi connectivity index (χ3n) is 6.58. The van der Waals surface area contributed by atoms with E-state index in [0.29, 0.717) is 19.4 Å². The van der Waals surface area contributed by atoms with Gasteiger partial charge in [0.2, 0.25) is 5.91 Å². The lowest BCUT2D eigenvalue weighted by Crippen LogP contribution is -2.45. The van der Waals surface area contributed by atoms with Crippen molar-refractivity contribution in [3.63, 3.8) is 0 Å². The van der Waals surface area contributed by atoms with Gasteiger partial charge >= 0.3 is 0 Å². The third-order valence-corrected chi connectivity index (χ3v) is 6.58. The van der Waals surface area contributed by atoms with Crippen molar-refractivity contribution in [2.24, 2.45) is 0 Å². The molecule has 0 radical (unpaired) electrons. The van der Waals surface area contributed by atoms with Crippen molar-refractivity contribution in [3.8, 4) is 11.1 Å². The summed E-state index contributed by atoms with van der Waals surface area (Å²) >= 11 is 0. The van der Waals surface area contributed by atoms with Crippen molar-refractivity contribution in [2.45, 2.75) is 91.8 Å². The van der Waals surface area contributed by atoms with Gasteiger partial charge in [0.15, 0.2) is 5.79 Å². The van der Waals surface area contributed by atoms with Crippen molar-refractivity contribution < 1.29 is 18.7 Å². The van der Waals surface area contributed by atoms with Crippen LogP contribution in [0.25, 0.3) is 28.1 Å². The second kappa shape index (κ2) is 13.7. The molecule has 38 heavy (non-hydrogen) atoms. The number of hydrogen-bond acceptors (Lipinski definition) is 3. The Labute approximate surface area is 227 Å². The fraction of sp³-hybridized carbons (Fsp3) is 0.469. The maximum Gasteiger partial charge on any atom is 0.222 e. The van der Waals surface area contributed by atoms with Gasteiger partial charge in [0.25, 0.3) is 0 Å². The molecule has 1 N–H and O–H groups in total. The number of hydrogen-bond donors (Lipinski definition) is 1. The first-order chi connectivity index (χ1) is 18.3. The van der Waals surface area contributed by atoms with Crippen LogP contribution >= 0.6 is 0 Å². The molecular weight excluding hydrogens is 479 g/mol. The van der Waals surface area contributed by atoms with Gasteiger partial charge in [0, 0.05) is 41.7 Å². The van der Waals surface area contributed by atoms with Gasteiger partial charge in [-0.15, -0.1) is 0 Å². The first kappa shape index (κ1) is 29.6. The Morgan fingerprint density at radius 1 is 1.11 bits per heavy atom. The molecule has 4 rings (SSSR count). The Balaban J connectivity index is 0.00000195. The number of carbonyl (C=O) groups is 1. The van der Waals surface area contributed by atoms with E-state index in [1.165, 1.54) is 12.1 Å². The van der Waals surface area contributed by atoms with Crippen LogP contribution in [0.3, 0.4) is 0 Å². The molecule has 0 saturated carbocycles. The molecule has 5 nitrogen and oxygen atoms in total. The van der Waals surface area contributed by atoms with Crippen molar-refractivity contribution in [1.29, 1.82) is 0 Å². The van der Waals surface area contributed by atoms with Crippen molar-refractivity contribution in [3.05, 3.63) is 66.1 Å². The van der Waals surface area contributed by atoms with E-state index in [-0.39, 0.29) is 23.9 Å². The molecule has 0 unspecified atom stereocenters. The number of nitrogens with zero attached hydrogens (tertiary/aromatic N) is 1. The number of benzene rings is 2. The highest BCUT2D eigenvalue weighted by molar-refractivity contribution is 6.00. The van der Waals surface area contributed by atoms with Crippen LogP contribution in [-0.2, 0) is 20.8 Å². The minimum atomic E-state index is -0.793. The van der Waals surface area contributed by atoms with Crippen LogP contribution < -0.4 is 5.32 Å². The second-order valence-electron chi connectivity index (χ2n) is 9.83. The summed E-state index contributed by atoms with van der Waals surface area (Å²) in [5.41, 5.74) is 4.22. The molecule has 0 spiro atoms. The van der Waals surface area contributed by atoms with Gasteiger partial charge in [0.1, 0.15) is 5.82 Å². The zero-order chi connectivity index (χ0) is 27.7. The molecule has 3 aromatic rings. The van der Waals surface area contributed by atoms with Crippen LogP contribution in [0.4, 0.5) is 4.39 Å². The second-order valence-corrected chi connectivity index (χ2v) is 9.83. The van der Waals surface area contributed by atoms with E-state index in [1.54, 1.807) is 0 Å². The fourth-order valence-corrected chi connectivity index (χ4v) is 5.03. The molecule has 2 atom stereocenters. The molecule has 1 fully saturated rings. The van der Waals surface area contributed by atoms with E-state index in [9.17, 15) is 9.18 Å². The summed E-state index contributed by atoms with van der Waals surface area (Å²) in [5.74, 6) is -1.03.